The highest BCUT2D eigenvalue weighted by atomic mass is 35.5. The van der Waals surface area contributed by atoms with Crippen LogP contribution in [0.4, 0.5) is 10.5 Å². The van der Waals surface area contributed by atoms with Crippen LogP contribution in [0, 0.1) is 0 Å². The van der Waals surface area contributed by atoms with Crippen molar-refractivity contribution in [1.82, 2.24) is 15.0 Å². The fraction of sp³-hybridized carbons (Fsp3) is 0.211. The molecule has 3 aromatic rings. The van der Waals surface area contributed by atoms with Gasteiger partial charge < -0.3 is 20.2 Å². The van der Waals surface area contributed by atoms with Crippen LogP contribution in [0.15, 0.2) is 42.6 Å². The Bertz CT molecular complexity index is 941. The summed E-state index contributed by atoms with van der Waals surface area (Å²) < 4.78 is 9.62. The van der Waals surface area contributed by atoms with Gasteiger partial charge in [-0.25, -0.2) is 14.8 Å². The third-order valence-corrected chi connectivity index (χ3v) is 4.36. The zero-order valence-electron chi connectivity index (χ0n) is 15.4. The number of rotatable bonds is 6. The molecular weight excluding hydrogens is 382 g/mol. The standard InChI is InChI=1S/C19H20ClN5O3/c1-27-15-8-3-11(10-22-15)9-14(21)18-24-16(17(20)25-18)12-4-6-13(7-5-12)23-19(26)28-2/h3-8,10,14H,9,21H2,1-2H3,(H,23,26)(H,24,25). The van der Waals surface area contributed by atoms with Crippen molar-refractivity contribution in [3.05, 3.63) is 59.1 Å². The molecule has 8 nitrogen and oxygen atoms in total. The van der Waals surface area contributed by atoms with Gasteiger partial charge in [0.05, 0.1) is 20.3 Å². The number of methoxy groups -OCH3 is 2. The molecule has 3 rings (SSSR count). The van der Waals surface area contributed by atoms with E-state index in [4.69, 9.17) is 22.1 Å². The lowest BCUT2D eigenvalue weighted by atomic mass is 10.1. The van der Waals surface area contributed by atoms with Crippen LogP contribution in [-0.2, 0) is 11.2 Å². The highest BCUT2D eigenvalue weighted by Crippen LogP contribution is 2.28. The predicted molar refractivity (Wildman–Crippen MR) is 106 cm³/mol. The molecule has 1 amide bonds. The van der Waals surface area contributed by atoms with Crippen molar-refractivity contribution in [3.63, 3.8) is 0 Å². The molecule has 0 aliphatic carbocycles. The molecule has 28 heavy (non-hydrogen) atoms. The molecule has 0 saturated heterocycles. The molecule has 1 atom stereocenters. The first-order chi connectivity index (χ1) is 13.5. The van der Waals surface area contributed by atoms with Crippen molar-refractivity contribution < 1.29 is 14.3 Å². The van der Waals surface area contributed by atoms with Crippen LogP contribution in [-0.4, -0.2) is 35.3 Å². The maximum atomic E-state index is 11.3. The van der Waals surface area contributed by atoms with E-state index in [1.54, 1.807) is 43.6 Å². The van der Waals surface area contributed by atoms with Gasteiger partial charge in [0.1, 0.15) is 16.7 Å². The quantitative estimate of drug-likeness (QED) is 0.581. The summed E-state index contributed by atoms with van der Waals surface area (Å²) in [6.07, 6.45) is 1.73. The molecule has 0 aliphatic rings. The maximum Gasteiger partial charge on any atom is 0.411 e. The summed E-state index contributed by atoms with van der Waals surface area (Å²) in [6.45, 7) is 0. The molecule has 146 valence electrons. The van der Waals surface area contributed by atoms with E-state index in [0.717, 1.165) is 11.1 Å². The number of pyridine rings is 1. The van der Waals surface area contributed by atoms with Gasteiger partial charge in [-0.3, -0.25) is 5.32 Å². The lowest BCUT2D eigenvalue weighted by Crippen LogP contribution is -2.15. The molecule has 2 heterocycles. The summed E-state index contributed by atoms with van der Waals surface area (Å²) in [6, 6.07) is 10.4. The van der Waals surface area contributed by atoms with Crippen LogP contribution < -0.4 is 15.8 Å². The van der Waals surface area contributed by atoms with Crippen LogP contribution in [0.2, 0.25) is 5.15 Å². The zero-order valence-corrected chi connectivity index (χ0v) is 16.2. The summed E-state index contributed by atoms with van der Waals surface area (Å²) in [5.41, 5.74) is 9.22. The molecular formula is C19H20ClN5O3. The maximum absolute atomic E-state index is 11.3. The molecule has 9 heteroatoms. The number of halogens is 1. The molecule has 2 aromatic heterocycles. The fourth-order valence-electron chi connectivity index (χ4n) is 2.62. The van der Waals surface area contributed by atoms with Crippen LogP contribution in [0.1, 0.15) is 17.4 Å². The van der Waals surface area contributed by atoms with Gasteiger partial charge in [0, 0.05) is 23.5 Å². The number of anilines is 1. The van der Waals surface area contributed by atoms with Gasteiger partial charge in [0.2, 0.25) is 5.88 Å². The number of nitrogens with two attached hydrogens (primary N) is 1. The summed E-state index contributed by atoms with van der Waals surface area (Å²) in [4.78, 5) is 23.0. The average Bonchev–Trinajstić information content (AvgIpc) is 3.11. The molecule has 0 spiro atoms. The number of nitrogens with one attached hydrogen (secondary N) is 2. The number of carbonyl (C=O) groups is 1. The number of hydrogen-bond acceptors (Lipinski definition) is 6. The van der Waals surface area contributed by atoms with Crippen LogP contribution in [0.25, 0.3) is 11.3 Å². The minimum absolute atomic E-state index is 0.373. The van der Waals surface area contributed by atoms with E-state index in [0.29, 0.717) is 34.7 Å². The minimum atomic E-state index is -0.535. The van der Waals surface area contributed by atoms with Gasteiger partial charge in [0.15, 0.2) is 0 Å². The molecule has 4 N–H and O–H groups in total. The number of amides is 1. The van der Waals surface area contributed by atoms with E-state index in [2.05, 4.69) is 25.0 Å². The fourth-order valence-corrected chi connectivity index (χ4v) is 2.87. The topological polar surface area (TPSA) is 115 Å². The van der Waals surface area contributed by atoms with E-state index in [-0.39, 0.29) is 6.04 Å². The van der Waals surface area contributed by atoms with Crippen LogP contribution >= 0.6 is 11.6 Å². The van der Waals surface area contributed by atoms with E-state index >= 15 is 0 Å². The van der Waals surface area contributed by atoms with Gasteiger partial charge in [-0.1, -0.05) is 29.8 Å². The number of ether oxygens (including phenoxy) is 2. The molecule has 0 aliphatic heterocycles. The van der Waals surface area contributed by atoms with Crippen molar-refractivity contribution in [2.45, 2.75) is 12.5 Å². The second-order valence-corrected chi connectivity index (χ2v) is 6.38. The molecule has 0 saturated carbocycles. The predicted octanol–water partition coefficient (Wildman–Crippen LogP) is 3.55. The van der Waals surface area contributed by atoms with Gasteiger partial charge in [-0.05, 0) is 24.1 Å². The molecule has 0 bridgehead atoms. The highest BCUT2D eigenvalue weighted by Gasteiger charge is 2.16. The second-order valence-electron chi connectivity index (χ2n) is 6.00. The Morgan fingerprint density at radius 2 is 2.00 bits per heavy atom. The number of benzene rings is 1. The Morgan fingerprint density at radius 3 is 2.61 bits per heavy atom. The van der Waals surface area contributed by atoms with Crippen LogP contribution in [0.5, 0.6) is 5.88 Å². The van der Waals surface area contributed by atoms with Crippen molar-refractivity contribution in [2.75, 3.05) is 19.5 Å². The number of nitrogens with zero attached hydrogens (tertiary/aromatic N) is 2. The lowest BCUT2D eigenvalue weighted by Gasteiger charge is -2.09. The monoisotopic (exact) mass is 401 g/mol. The number of carbonyl (C=O) groups excluding carboxylic acids is 1. The molecule has 1 aromatic carbocycles. The molecule has 1 unspecified atom stereocenters. The van der Waals surface area contributed by atoms with Crippen molar-refractivity contribution in [2.24, 2.45) is 5.73 Å². The summed E-state index contributed by atoms with van der Waals surface area (Å²) in [5, 5.41) is 2.98. The number of hydrogen-bond donors (Lipinski definition) is 3. The zero-order chi connectivity index (χ0) is 20.1. The van der Waals surface area contributed by atoms with Crippen LogP contribution in [0.3, 0.4) is 0 Å². The van der Waals surface area contributed by atoms with Gasteiger partial charge >= 0.3 is 6.09 Å². The van der Waals surface area contributed by atoms with E-state index < -0.39 is 6.09 Å². The van der Waals surface area contributed by atoms with E-state index in [9.17, 15) is 4.79 Å². The SMILES string of the molecule is COC(=O)Nc1ccc(-c2nc(C(N)Cc3ccc(OC)nc3)[nH]c2Cl)cc1. The Balaban J connectivity index is 1.73. The van der Waals surface area contributed by atoms with Crippen molar-refractivity contribution in [3.8, 4) is 17.1 Å². The van der Waals surface area contributed by atoms with Gasteiger partial charge in [0.25, 0.3) is 0 Å². The largest absolute Gasteiger partial charge is 0.481 e. The summed E-state index contributed by atoms with van der Waals surface area (Å²) in [7, 11) is 2.87. The van der Waals surface area contributed by atoms with Gasteiger partial charge in [-0.2, -0.15) is 0 Å². The van der Waals surface area contributed by atoms with E-state index in [1.807, 2.05) is 6.07 Å². The minimum Gasteiger partial charge on any atom is -0.481 e. The van der Waals surface area contributed by atoms with Crippen molar-refractivity contribution in [1.29, 1.82) is 0 Å². The first-order valence-corrected chi connectivity index (χ1v) is 8.83. The highest BCUT2D eigenvalue weighted by molar-refractivity contribution is 6.31. The Hall–Kier alpha value is -3.10. The number of H-pyrrole nitrogens is 1. The Kier molecular flexibility index (Phi) is 6.13. The number of aromatic nitrogens is 3. The average molecular weight is 402 g/mol. The summed E-state index contributed by atoms with van der Waals surface area (Å²) in [5.74, 6) is 1.12. The summed E-state index contributed by atoms with van der Waals surface area (Å²) >= 11 is 6.32. The Morgan fingerprint density at radius 1 is 1.25 bits per heavy atom. The number of imidazole rings is 1. The van der Waals surface area contributed by atoms with E-state index in [1.165, 1.54) is 7.11 Å². The molecule has 0 fully saturated rings. The molecule has 0 radical (unpaired) electrons. The Labute approximate surface area is 167 Å². The third-order valence-electron chi connectivity index (χ3n) is 4.08. The normalized spacial score (nSPS) is 11.7. The van der Waals surface area contributed by atoms with Crippen molar-refractivity contribution >= 4 is 23.4 Å². The smallest absolute Gasteiger partial charge is 0.411 e. The third kappa shape index (κ3) is 4.59. The first kappa shape index (κ1) is 19.7. The van der Waals surface area contributed by atoms with Gasteiger partial charge in [-0.15, -0.1) is 0 Å². The first-order valence-electron chi connectivity index (χ1n) is 8.45. The lowest BCUT2D eigenvalue weighted by molar-refractivity contribution is 0.187. The number of aromatic amines is 1. The second kappa shape index (κ2) is 8.73.